The molecule has 0 aliphatic heterocycles. The smallest absolute Gasteiger partial charge is 0.342 e. The Bertz CT molecular complexity index is 844. The van der Waals surface area contributed by atoms with Gasteiger partial charge in [-0.2, -0.15) is 10.2 Å². The monoisotopic (exact) mass is 376 g/mol. The van der Waals surface area contributed by atoms with Crippen molar-refractivity contribution in [2.45, 2.75) is 22.3 Å². The number of hydrogen-bond donors (Lipinski definition) is 6. The molecule has 0 bridgehead atoms. The summed E-state index contributed by atoms with van der Waals surface area (Å²) in [6, 6.07) is 0. The van der Waals surface area contributed by atoms with Crippen molar-refractivity contribution in [1.82, 2.24) is 30.4 Å². The lowest BCUT2D eigenvalue weighted by molar-refractivity contribution is 0.0499. The van der Waals surface area contributed by atoms with Gasteiger partial charge in [0.2, 0.25) is 0 Å². The molecule has 2 aromatic heterocycles. The van der Waals surface area contributed by atoms with Crippen molar-refractivity contribution in [3.05, 3.63) is 41.7 Å². The lowest BCUT2D eigenvalue weighted by Gasteiger charge is -2.16. The first-order valence-electron chi connectivity index (χ1n) is 6.36. The zero-order valence-corrected chi connectivity index (χ0v) is 13.4. The predicted octanol–water partition coefficient (Wildman–Crippen LogP) is -3.16. The Morgan fingerprint density at radius 2 is 1.17 bits per heavy atom. The number of hydrogen-bond acceptors (Lipinski definition) is 10. The molecular formula is C10H12N6O6S2. The lowest BCUT2D eigenvalue weighted by Crippen LogP contribution is -2.32. The van der Waals surface area contributed by atoms with Gasteiger partial charge in [0.1, 0.15) is 0 Å². The molecule has 0 spiro atoms. The van der Waals surface area contributed by atoms with Crippen LogP contribution in [0.25, 0.3) is 0 Å². The number of thioether (sulfide) groups is 2. The number of aromatic amines is 4. The van der Waals surface area contributed by atoms with Crippen LogP contribution in [0.15, 0.2) is 29.2 Å². The first-order valence-corrected chi connectivity index (χ1v) is 8.33. The molecule has 2 atom stereocenters. The van der Waals surface area contributed by atoms with Crippen molar-refractivity contribution >= 4 is 23.5 Å². The summed E-state index contributed by atoms with van der Waals surface area (Å²) in [5.41, 5.74) is -2.91. The highest BCUT2D eigenvalue weighted by Gasteiger charge is 2.19. The number of rotatable bonds is 7. The molecule has 2 rings (SSSR count). The highest BCUT2D eigenvalue weighted by molar-refractivity contribution is 7.99. The SMILES string of the molecule is O=c1[nH]nc(SCC(O)C(O)CSc2n[nH]c(=O)[nH]c2=O)c(=O)[nH]1. The number of aliphatic hydroxyl groups is 2. The van der Waals surface area contributed by atoms with Gasteiger partial charge < -0.3 is 10.2 Å². The molecule has 24 heavy (non-hydrogen) atoms. The van der Waals surface area contributed by atoms with Gasteiger partial charge in [-0.25, -0.2) is 19.8 Å². The Balaban J connectivity index is 1.88. The largest absolute Gasteiger partial charge is 0.390 e. The number of nitrogens with one attached hydrogen (secondary N) is 4. The number of nitrogens with zero attached hydrogens (tertiary/aromatic N) is 2. The van der Waals surface area contributed by atoms with E-state index in [4.69, 9.17) is 0 Å². The Kier molecular flexibility index (Phi) is 6.13. The molecule has 0 fully saturated rings. The zero-order chi connectivity index (χ0) is 17.7. The summed E-state index contributed by atoms with van der Waals surface area (Å²) in [6.07, 6.45) is -2.45. The molecule has 6 N–H and O–H groups in total. The Labute approximate surface area is 140 Å². The fraction of sp³-hybridized carbons (Fsp3) is 0.400. The van der Waals surface area contributed by atoms with Gasteiger partial charge >= 0.3 is 11.4 Å². The average molecular weight is 376 g/mol. The summed E-state index contributed by atoms with van der Waals surface area (Å²) in [5.74, 6) is -0.140. The highest BCUT2D eigenvalue weighted by atomic mass is 32.2. The molecule has 130 valence electrons. The second-order valence-corrected chi connectivity index (χ2v) is 6.40. The van der Waals surface area contributed by atoms with Crippen LogP contribution in [0.3, 0.4) is 0 Å². The van der Waals surface area contributed by atoms with E-state index in [0.29, 0.717) is 0 Å². The molecule has 0 amide bonds. The van der Waals surface area contributed by atoms with E-state index in [-0.39, 0.29) is 21.6 Å². The van der Waals surface area contributed by atoms with Crippen LogP contribution < -0.4 is 22.5 Å². The first-order chi connectivity index (χ1) is 11.4. The number of aromatic nitrogens is 6. The predicted molar refractivity (Wildman–Crippen MR) is 84.4 cm³/mol. The van der Waals surface area contributed by atoms with Crippen molar-refractivity contribution in [1.29, 1.82) is 0 Å². The van der Waals surface area contributed by atoms with Gasteiger partial charge in [-0.05, 0) is 0 Å². The minimum Gasteiger partial charge on any atom is -0.390 e. The van der Waals surface area contributed by atoms with Crippen molar-refractivity contribution < 1.29 is 10.2 Å². The topological polar surface area (TPSA) is 198 Å². The standard InChI is InChI=1S/C10H12N6O6S2/c17-3(1-23-7-5(19)11-9(21)15-13-7)4(18)2-24-8-6(20)12-10(22)16-14-8/h3-4,17-18H,1-2H2,(H2,11,15,19,21)(H2,12,16,20,22). The van der Waals surface area contributed by atoms with Crippen LogP contribution in [-0.2, 0) is 0 Å². The van der Waals surface area contributed by atoms with E-state index >= 15 is 0 Å². The van der Waals surface area contributed by atoms with E-state index in [2.05, 4.69) is 10.2 Å². The van der Waals surface area contributed by atoms with Crippen LogP contribution in [0.1, 0.15) is 0 Å². The van der Waals surface area contributed by atoms with E-state index in [1.165, 1.54) is 0 Å². The molecule has 0 saturated carbocycles. The van der Waals surface area contributed by atoms with Crippen molar-refractivity contribution in [2.75, 3.05) is 11.5 Å². The number of aliphatic hydroxyl groups excluding tert-OH is 2. The van der Waals surface area contributed by atoms with Crippen molar-refractivity contribution in [2.24, 2.45) is 0 Å². The van der Waals surface area contributed by atoms with Crippen LogP contribution in [0.5, 0.6) is 0 Å². The Hall–Kier alpha value is -2.16. The third-order valence-corrected chi connectivity index (χ3v) is 4.70. The highest BCUT2D eigenvalue weighted by Crippen LogP contribution is 2.16. The van der Waals surface area contributed by atoms with Crippen LogP contribution in [-0.4, -0.2) is 64.3 Å². The molecule has 0 aliphatic rings. The first kappa shape index (κ1) is 18.2. The average Bonchev–Trinajstić information content (AvgIpc) is 2.52. The molecule has 0 aliphatic carbocycles. The van der Waals surface area contributed by atoms with Gasteiger partial charge in [-0.3, -0.25) is 19.6 Å². The van der Waals surface area contributed by atoms with E-state index < -0.39 is 34.7 Å². The van der Waals surface area contributed by atoms with Crippen LogP contribution in [0.4, 0.5) is 0 Å². The second-order valence-electron chi connectivity index (χ2n) is 4.38. The van der Waals surface area contributed by atoms with E-state index in [1.54, 1.807) is 0 Å². The minimum atomic E-state index is -1.22. The molecule has 2 unspecified atom stereocenters. The maximum absolute atomic E-state index is 11.4. The summed E-state index contributed by atoms with van der Waals surface area (Å²) in [7, 11) is 0. The Morgan fingerprint density at radius 3 is 1.50 bits per heavy atom. The summed E-state index contributed by atoms with van der Waals surface area (Å²) in [6.45, 7) is 0. The Morgan fingerprint density at radius 1 is 0.792 bits per heavy atom. The zero-order valence-electron chi connectivity index (χ0n) is 11.8. The molecule has 2 heterocycles. The summed E-state index contributed by atoms with van der Waals surface area (Å²) < 4.78 is 0. The van der Waals surface area contributed by atoms with Gasteiger partial charge in [-0.15, -0.1) is 0 Å². The maximum Gasteiger partial charge on any atom is 0.342 e. The number of H-pyrrole nitrogens is 4. The fourth-order valence-electron chi connectivity index (χ4n) is 1.42. The summed E-state index contributed by atoms with van der Waals surface area (Å²) >= 11 is 1.69. The molecule has 0 aromatic carbocycles. The van der Waals surface area contributed by atoms with E-state index in [9.17, 15) is 29.4 Å². The molecule has 0 radical (unpaired) electrons. The summed E-state index contributed by atoms with van der Waals surface area (Å²) in [5, 5.41) is 30.7. The molecule has 2 aromatic rings. The molecule has 0 saturated heterocycles. The van der Waals surface area contributed by atoms with E-state index in [1.807, 2.05) is 20.2 Å². The quantitative estimate of drug-likeness (QED) is 0.268. The molecule has 14 heteroatoms. The van der Waals surface area contributed by atoms with Gasteiger partial charge in [-0.1, -0.05) is 23.5 Å². The fourth-order valence-corrected chi connectivity index (χ4v) is 3.11. The van der Waals surface area contributed by atoms with E-state index in [0.717, 1.165) is 23.5 Å². The normalized spacial score (nSPS) is 13.6. The third kappa shape index (κ3) is 4.92. The second kappa shape index (κ2) is 8.09. The maximum atomic E-state index is 11.4. The molecule has 12 nitrogen and oxygen atoms in total. The van der Waals surface area contributed by atoms with Gasteiger partial charge in [0.15, 0.2) is 10.1 Å². The van der Waals surface area contributed by atoms with Gasteiger partial charge in [0.05, 0.1) is 12.2 Å². The van der Waals surface area contributed by atoms with Crippen LogP contribution in [0, 0.1) is 0 Å². The van der Waals surface area contributed by atoms with Crippen LogP contribution in [0.2, 0.25) is 0 Å². The van der Waals surface area contributed by atoms with Gasteiger partial charge in [0.25, 0.3) is 11.1 Å². The summed E-state index contributed by atoms with van der Waals surface area (Å²) in [4.78, 5) is 48.4. The minimum absolute atomic E-state index is 0.0627. The molecular weight excluding hydrogens is 364 g/mol. The van der Waals surface area contributed by atoms with Crippen LogP contribution >= 0.6 is 23.5 Å². The van der Waals surface area contributed by atoms with Gasteiger partial charge in [0, 0.05) is 11.5 Å². The third-order valence-electron chi connectivity index (χ3n) is 2.59. The van der Waals surface area contributed by atoms with Crippen molar-refractivity contribution in [3.63, 3.8) is 0 Å². The van der Waals surface area contributed by atoms with Crippen molar-refractivity contribution in [3.8, 4) is 0 Å². The lowest BCUT2D eigenvalue weighted by atomic mass is 10.3.